The second-order valence-corrected chi connectivity index (χ2v) is 6.72. The van der Waals surface area contributed by atoms with Crippen molar-refractivity contribution in [2.24, 2.45) is 0 Å². The van der Waals surface area contributed by atoms with E-state index in [2.05, 4.69) is 4.98 Å². The first-order chi connectivity index (χ1) is 11.1. The Hall–Kier alpha value is -2.50. The van der Waals surface area contributed by atoms with Gasteiger partial charge in [-0.25, -0.2) is 4.98 Å². The Kier molecular flexibility index (Phi) is 3.59. The van der Waals surface area contributed by atoms with Gasteiger partial charge in [-0.3, -0.25) is 4.40 Å². The molecular formula is C18H17F3N2O. The largest absolute Gasteiger partial charge is 0.508 e. The van der Waals surface area contributed by atoms with Gasteiger partial charge < -0.3 is 5.11 Å². The van der Waals surface area contributed by atoms with Crippen LogP contribution in [0.3, 0.4) is 0 Å². The number of aromatic nitrogens is 2. The predicted molar refractivity (Wildman–Crippen MR) is 86.0 cm³/mol. The molecule has 0 bridgehead atoms. The van der Waals surface area contributed by atoms with Crippen LogP contribution in [0.4, 0.5) is 13.2 Å². The highest BCUT2D eigenvalue weighted by Crippen LogP contribution is 2.38. The molecule has 0 saturated carbocycles. The average Bonchev–Trinajstić information content (AvgIpc) is 2.85. The second kappa shape index (κ2) is 5.26. The number of imidazole rings is 1. The fourth-order valence-corrected chi connectivity index (χ4v) is 2.74. The van der Waals surface area contributed by atoms with E-state index in [1.54, 1.807) is 18.3 Å². The molecule has 0 unspecified atom stereocenters. The quantitative estimate of drug-likeness (QED) is 0.678. The molecule has 0 amide bonds. The van der Waals surface area contributed by atoms with Crippen LogP contribution in [0.15, 0.2) is 42.6 Å². The van der Waals surface area contributed by atoms with Crippen LogP contribution in [-0.2, 0) is 11.6 Å². The van der Waals surface area contributed by atoms with Crippen LogP contribution in [0.5, 0.6) is 5.75 Å². The number of phenolic OH excluding ortho intramolecular Hbond substituents is 1. The summed E-state index contributed by atoms with van der Waals surface area (Å²) in [4.78, 5) is 4.32. The van der Waals surface area contributed by atoms with Crippen LogP contribution in [0.1, 0.15) is 32.0 Å². The van der Waals surface area contributed by atoms with E-state index in [9.17, 15) is 18.3 Å². The molecule has 0 radical (unpaired) electrons. The summed E-state index contributed by atoms with van der Waals surface area (Å²) in [7, 11) is 0. The van der Waals surface area contributed by atoms with Gasteiger partial charge in [0.1, 0.15) is 11.4 Å². The first-order valence-electron chi connectivity index (χ1n) is 7.47. The third kappa shape index (κ3) is 2.72. The zero-order chi connectivity index (χ0) is 17.7. The lowest BCUT2D eigenvalue weighted by atomic mass is 9.89. The monoisotopic (exact) mass is 334 g/mol. The summed E-state index contributed by atoms with van der Waals surface area (Å²) >= 11 is 0. The summed E-state index contributed by atoms with van der Waals surface area (Å²) in [5.74, 6) is 0.0503. The Morgan fingerprint density at radius 1 is 1.04 bits per heavy atom. The Morgan fingerprint density at radius 2 is 1.75 bits per heavy atom. The highest BCUT2D eigenvalue weighted by Gasteiger charge is 2.36. The standard InChI is InChI=1S/C18H17F3N2O/c1-17(2,3)15-14(11-6-4-7-12(24)10-11)23-9-5-8-13(16(23)22-15)18(19,20)21/h4-10,24H,1-3H3. The van der Waals surface area contributed by atoms with Crippen molar-refractivity contribution >= 4 is 5.65 Å². The van der Waals surface area contributed by atoms with Gasteiger partial charge in [0, 0.05) is 17.2 Å². The number of benzene rings is 1. The fourth-order valence-electron chi connectivity index (χ4n) is 2.74. The molecule has 1 N–H and O–H groups in total. The number of nitrogens with zero attached hydrogens (tertiary/aromatic N) is 2. The molecule has 0 spiro atoms. The van der Waals surface area contributed by atoms with E-state index >= 15 is 0 Å². The number of rotatable bonds is 1. The molecule has 0 atom stereocenters. The van der Waals surface area contributed by atoms with Crippen molar-refractivity contribution in [1.29, 1.82) is 0 Å². The van der Waals surface area contributed by atoms with Crippen molar-refractivity contribution in [3.8, 4) is 17.0 Å². The smallest absolute Gasteiger partial charge is 0.419 e. The molecule has 0 fully saturated rings. The number of hydrogen-bond acceptors (Lipinski definition) is 2. The van der Waals surface area contributed by atoms with Crippen LogP contribution < -0.4 is 0 Å². The van der Waals surface area contributed by atoms with E-state index in [0.717, 1.165) is 6.07 Å². The zero-order valence-corrected chi connectivity index (χ0v) is 13.5. The number of phenols is 1. The summed E-state index contributed by atoms with van der Waals surface area (Å²) in [6.45, 7) is 5.69. The molecule has 2 heterocycles. The van der Waals surface area contributed by atoms with Gasteiger partial charge in [0.25, 0.3) is 0 Å². The first kappa shape index (κ1) is 16.4. The lowest BCUT2D eigenvalue weighted by Gasteiger charge is -2.18. The molecule has 1 aromatic carbocycles. The van der Waals surface area contributed by atoms with E-state index in [-0.39, 0.29) is 11.4 Å². The van der Waals surface area contributed by atoms with Gasteiger partial charge in [-0.1, -0.05) is 32.9 Å². The van der Waals surface area contributed by atoms with Crippen molar-refractivity contribution in [3.05, 3.63) is 53.9 Å². The Balaban J connectivity index is 2.43. The van der Waals surface area contributed by atoms with Gasteiger partial charge in [-0.05, 0) is 24.3 Å². The van der Waals surface area contributed by atoms with Crippen molar-refractivity contribution < 1.29 is 18.3 Å². The normalized spacial score (nSPS) is 12.8. The topological polar surface area (TPSA) is 37.5 Å². The van der Waals surface area contributed by atoms with Crippen LogP contribution >= 0.6 is 0 Å². The summed E-state index contributed by atoms with van der Waals surface area (Å²) in [6.07, 6.45) is -2.93. The molecule has 24 heavy (non-hydrogen) atoms. The van der Waals surface area contributed by atoms with E-state index in [0.29, 0.717) is 17.0 Å². The predicted octanol–water partition coefficient (Wildman–Crippen LogP) is 5.02. The minimum atomic E-state index is -4.49. The van der Waals surface area contributed by atoms with Gasteiger partial charge in [0.2, 0.25) is 0 Å². The number of alkyl halides is 3. The number of aromatic hydroxyl groups is 1. The van der Waals surface area contributed by atoms with E-state index < -0.39 is 17.2 Å². The minimum absolute atomic E-state index is 0.0503. The molecular weight excluding hydrogens is 317 g/mol. The Morgan fingerprint density at radius 3 is 2.33 bits per heavy atom. The maximum absolute atomic E-state index is 13.3. The molecule has 0 aliphatic heterocycles. The highest BCUT2D eigenvalue weighted by molar-refractivity contribution is 5.71. The average molecular weight is 334 g/mol. The van der Waals surface area contributed by atoms with Crippen LogP contribution in [0.25, 0.3) is 16.9 Å². The van der Waals surface area contributed by atoms with Crippen LogP contribution in [0, 0.1) is 0 Å². The van der Waals surface area contributed by atoms with Gasteiger partial charge in [-0.15, -0.1) is 0 Å². The summed E-state index contributed by atoms with van der Waals surface area (Å²) in [5.41, 5.74) is 0.349. The van der Waals surface area contributed by atoms with Gasteiger partial charge >= 0.3 is 6.18 Å². The molecule has 0 aliphatic rings. The summed E-state index contributed by atoms with van der Waals surface area (Å²) < 4.78 is 41.4. The molecule has 126 valence electrons. The molecule has 3 nitrogen and oxygen atoms in total. The first-order valence-corrected chi connectivity index (χ1v) is 7.47. The Labute approximate surface area is 137 Å². The maximum Gasteiger partial charge on any atom is 0.419 e. The number of pyridine rings is 1. The van der Waals surface area contributed by atoms with Crippen LogP contribution in [-0.4, -0.2) is 14.5 Å². The molecule has 3 aromatic rings. The van der Waals surface area contributed by atoms with Gasteiger partial charge in [0.15, 0.2) is 0 Å². The number of fused-ring (bicyclic) bond motifs is 1. The maximum atomic E-state index is 13.3. The molecule has 0 aliphatic carbocycles. The number of hydrogen-bond donors (Lipinski definition) is 1. The number of halogens is 3. The van der Waals surface area contributed by atoms with Crippen molar-refractivity contribution in [1.82, 2.24) is 9.38 Å². The van der Waals surface area contributed by atoms with E-state index in [1.165, 1.54) is 22.6 Å². The summed E-state index contributed by atoms with van der Waals surface area (Å²) in [5, 5.41) is 9.75. The lowest BCUT2D eigenvalue weighted by molar-refractivity contribution is -0.136. The minimum Gasteiger partial charge on any atom is -0.508 e. The SMILES string of the molecule is CC(C)(C)c1nc2c(C(F)(F)F)cccn2c1-c1cccc(O)c1. The third-order valence-electron chi connectivity index (χ3n) is 3.79. The van der Waals surface area contributed by atoms with Gasteiger partial charge in [0.05, 0.1) is 17.0 Å². The zero-order valence-electron chi connectivity index (χ0n) is 13.5. The Bertz CT molecular complexity index is 905. The van der Waals surface area contributed by atoms with E-state index in [1.807, 2.05) is 20.8 Å². The molecule has 3 rings (SSSR count). The van der Waals surface area contributed by atoms with Crippen molar-refractivity contribution in [2.45, 2.75) is 32.4 Å². The fraction of sp³-hybridized carbons (Fsp3) is 0.278. The van der Waals surface area contributed by atoms with Crippen molar-refractivity contribution in [2.75, 3.05) is 0 Å². The van der Waals surface area contributed by atoms with Gasteiger partial charge in [-0.2, -0.15) is 13.2 Å². The van der Waals surface area contributed by atoms with Crippen molar-refractivity contribution in [3.63, 3.8) is 0 Å². The highest BCUT2D eigenvalue weighted by atomic mass is 19.4. The molecule has 0 saturated heterocycles. The summed E-state index contributed by atoms with van der Waals surface area (Å²) in [6, 6.07) is 8.84. The lowest BCUT2D eigenvalue weighted by Crippen LogP contribution is -2.13. The molecule has 2 aromatic heterocycles. The van der Waals surface area contributed by atoms with Crippen LogP contribution in [0.2, 0.25) is 0 Å². The molecule has 6 heteroatoms. The third-order valence-corrected chi connectivity index (χ3v) is 3.79. The van der Waals surface area contributed by atoms with E-state index in [4.69, 9.17) is 0 Å². The second-order valence-electron chi connectivity index (χ2n) is 6.72.